The normalized spacial score (nSPS) is 8.67. The number of hydrogen-bond donors (Lipinski definition) is 1. The maximum Gasteiger partial charge on any atom is 0.217 e. The van der Waals surface area contributed by atoms with E-state index >= 15 is 0 Å². The van der Waals surface area contributed by atoms with Crippen LogP contribution in [0.1, 0.15) is 12.5 Å². The van der Waals surface area contributed by atoms with Crippen molar-refractivity contribution in [1.82, 2.24) is 5.32 Å². The second-order valence-electron chi connectivity index (χ2n) is 2.94. The average molecular weight is 203 g/mol. The molecule has 1 amide bonds. The van der Waals surface area contributed by atoms with Crippen molar-refractivity contribution in [3.63, 3.8) is 0 Å². The maximum atomic E-state index is 10.6. The monoisotopic (exact) mass is 203 g/mol. The first kappa shape index (κ1) is 11.1. The van der Waals surface area contributed by atoms with Gasteiger partial charge >= 0.3 is 0 Å². The Kier molecular flexibility index (Phi) is 4.24. The fourth-order valence-corrected chi connectivity index (χ4v) is 1.02. The molecule has 15 heavy (non-hydrogen) atoms. The van der Waals surface area contributed by atoms with Crippen LogP contribution in [0.5, 0.6) is 5.75 Å². The molecular formula is C12H13NO2. The van der Waals surface area contributed by atoms with Crippen LogP contribution in [0.15, 0.2) is 24.3 Å². The molecule has 0 aromatic heterocycles. The Morgan fingerprint density at radius 2 is 2.33 bits per heavy atom. The second-order valence-corrected chi connectivity index (χ2v) is 2.94. The summed E-state index contributed by atoms with van der Waals surface area (Å²) in [4.78, 5) is 10.6. The molecule has 3 nitrogen and oxygen atoms in total. The number of nitrogens with one attached hydrogen (secondary N) is 1. The predicted octanol–water partition coefficient (Wildman–Crippen LogP) is 1.18. The number of hydrogen-bond acceptors (Lipinski definition) is 2. The van der Waals surface area contributed by atoms with Crippen LogP contribution >= 0.6 is 0 Å². The zero-order chi connectivity index (χ0) is 11.1. The summed E-state index contributed by atoms with van der Waals surface area (Å²) >= 11 is 0. The lowest BCUT2D eigenvalue weighted by Crippen LogP contribution is -2.19. The molecule has 0 saturated heterocycles. The maximum absolute atomic E-state index is 10.6. The van der Waals surface area contributed by atoms with Gasteiger partial charge in [-0.15, -0.1) is 0 Å². The van der Waals surface area contributed by atoms with Gasteiger partial charge in [-0.1, -0.05) is 17.9 Å². The highest BCUT2D eigenvalue weighted by Crippen LogP contribution is 2.10. The number of amides is 1. The van der Waals surface area contributed by atoms with E-state index in [9.17, 15) is 4.79 Å². The number of carbonyl (C=O) groups excluding carboxylic acids is 1. The fraction of sp³-hybridized carbons (Fsp3) is 0.250. The Hall–Kier alpha value is -1.95. The van der Waals surface area contributed by atoms with Crippen LogP contribution in [0.25, 0.3) is 0 Å². The van der Waals surface area contributed by atoms with E-state index in [1.54, 1.807) is 7.11 Å². The molecule has 1 N–H and O–H groups in total. The minimum atomic E-state index is -0.0741. The Balaban J connectivity index is 2.59. The van der Waals surface area contributed by atoms with Crippen molar-refractivity contribution >= 4 is 5.91 Å². The molecule has 1 aromatic carbocycles. The van der Waals surface area contributed by atoms with E-state index in [4.69, 9.17) is 4.74 Å². The zero-order valence-corrected chi connectivity index (χ0v) is 8.83. The van der Waals surface area contributed by atoms with Crippen LogP contribution in [0, 0.1) is 11.8 Å². The Morgan fingerprint density at radius 3 is 3.00 bits per heavy atom. The second kappa shape index (κ2) is 5.71. The molecule has 1 rings (SSSR count). The molecular weight excluding hydrogens is 190 g/mol. The summed E-state index contributed by atoms with van der Waals surface area (Å²) in [7, 11) is 1.61. The summed E-state index contributed by atoms with van der Waals surface area (Å²) in [5, 5.41) is 2.60. The molecule has 0 fully saturated rings. The van der Waals surface area contributed by atoms with Crippen molar-refractivity contribution in [3.8, 4) is 17.6 Å². The Morgan fingerprint density at radius 1 is 1.53 bits per heavy atom. The quantitative estimate of drug-likeness (QED) is 0.733. The van der Waals surface area contributed by atoms with Crippen LogP contribution in [0.2, 0.25) is 0 Å². The Labute approximate surface area is 89.4 Å². The third-order valence-corrected chi connectivity index (χ3v) is 1.73. The van der Waals surface area contributed by atoms with Crippen LogP contribution in [0.4, 0.5) is 0 Å². The van der Waals surface area contributed by atoms with Gasteiger partial charge in [-0.25, -0.2) is 0 Å². The van der Waals surface area contributed by atoms with Gasteiger partial charge in [-0.05, 0) is 18.2 Å². The molecule has 0 aliphatic rings. The van der Waals surface area contributed by atoms with Crippen LogP contribution in [-0.2, 0) is 4.79 Å². The summed E-state index contributed by atoms with van der Waals surface area (Å²) in [5.41, 5.74) is 0.875. The van der Waals surface area contributed by atoms with Gasteiger partial charge < -0.3 is 10.1 Å². The average Bonchev–Trinajstić information content (AvgIpc) is 2.24. The van der Waals surface area contributed by atoms with Crippen molar-refractivity contribution in [2.45, 2.75) is 6.92 Å². The molecule has 78 valence electrons. The predicted molar refractivity (Wildman–Crippen MR) is 58.6 cm³/mol. The molecule has 3 heteroatoms. The van der Waals surface area contributed by atoms with E-state index in [0.29, 0.717) is 6.54 Å². The lowest BCUT2D eigenvalue weighted by Gasteiger charge is -1.98. The highest BCUT2D eigenvalue weighted by Gasteiger charge is 1.90. The van der Waals surface area contributed by atoms with E-state index in [2.05, 4.69) is 17.2 Å². The first-order valence-corrected chi connectivity index (χ1v) is 4.59. The minimum Gasteiger partial charge on any atom is -0.497 e. The topological polar surface area (TPSA) is 38.3 Å². The molecule has 0 spiro atoms. The Bertz CT molecular complexity index is 402. The molecule has 1 aromatic rings. The standard InChI is InChI=1S/C12H13NO2/c1-10(14)13-8-4-6-11-5-3-7-12(9-11)15-2/h3,5,7,9H,8H2,1-2H3,(H,13,14). The highest BCUT2D eigenvalue weighted by molar-refractivity contribution is 5.73. The van der Waals surface area contributed by atoms with Gasteiger partial charge in [-0.3, -0.25) is 4.79 Å². The van der Waals surface area contributed by atoms with Gasteiger partial charge in [0.1, 0.15) is 5.75 Å². The smallest absolute Gasteiger partial charge is 0.217 e. The van der Waals surface area contributed by atoms with Crippen LogP contribution in [0.3, 0.4) is 0 Å². The third kappa shape index (κ3) is 4.19. The number of carbonyl (C=O) groups is 1. The molecule has 0 bridgehead atoms. The molecule has 0 aliphatic heterocycles. The zero-order valence-electron chi connectivity index (χ0n) is 8.83. The van der Waals surface area contributed by atoms with Gasteiger partial charge in [0.05, 0.1) is 13.7 Å². The third-order valence-electron chi connectivity index (χ3n) is 1.73. The van der Waals surface area contributed by atoms with E-state index in [0.717, 1.165) is 11.3 Å². The van der Waals surface area contributed by atoms with Crippen molar-refractivity contribution in [3.05, 3.63) is 29.8 Å². The minimum absolute atomic E-state index is 0.0741. The van der Waals surface area contributed by atoms with E-state index < -0.39 is 0 Å². The SMILES string of the molecule is COc1cccc(C#CCNC(C)=O)c1. The molecule has 0 atom stereocenters. The van der Waals surface area contributed by atoms with Crippen LogP contribution in [-0.4, -0.2) is 19.6 Å². The summed E-state index contributed by atoms with van der Waals surface area (Å²) < 4.78 is 5.06. The van der Waals surface area contributed by atoms with Gasteiger partial charge in [0.25, 0.3) is 0 Å². The molecule has 0 saturated carbocycles. The molecule has 0 heterocycles. The van der Waals surface area contributed by atoms with Gasteiger partial charge in [0, 0.05) is 12.5 Å². The van der Waals surface area contributed by atoms with Crippen LogP contribution < -0.4 is 10.1 Å². The lowest BCUT2D eigenvalue weighted by atomic mass is 10.2. The van der Waals surface area contributed by atoms with Crippen molar-refractivity contribution in [2.24, 2.45) is 0 Å². The molecule has 0 unspecified atom stereocenters. The molecule has 0 aliphatic carbocycles. The van der Waals surface area contributed by atoms with E-state index in [1.165, 1.54) is 6.92 Å². The van der Waals surface area contributed by atoms with Gasteiger partial charge in [0.2, 0.25) is 5.91 Å². The number of rotatable bonds is 2. The summed E-state index contributed by atoms with van der Waals surface area (Å²) in [6, 6.07) is 7.48. The largest absolute Gasteiger partial charge is 0.497 e. The van der Waals surface area contributed by atoms with E-state index in [-0.39, 0.29) is 5.91 Å². The molecule has 0 radical (unpaired) electrons. The fourth-order valence-electron chi connectivity index (χ4n) is 1.02. The summed E-state index contributed by atoms with van der Waals surface area (Å²) in [6.07, 6.45) is 0. The van der Waals surface area contributed by atoms with Crippen molar-refractivity contribution < 1.29 is 9.53 Å². The van der Waals surface area contributed by atoms with Crippen molar-refractivity contribution in [1.29, 1.82) is 0 Å². The van der Waals surface area contributed by atoms with E-state index in [1.807, 2.05) is 24.3 Å². The van der Waals surface area contributed by atoms with Gasteiger partial charge in [0.15, 0.2) is 0 Å². The number of benzene rings is 1. The first-order chi connectivity index (χ1) is 7.22. The highest BCUT2D eigenvalue weighted by atomic mass is 16.5. The summed E-state index contributed by atoms with van der Waals surface area (Å²) in [6.45, 7) is 1.83. The number of ether oxygens (including phenoxy) is 1. The van der Waals surface area contributed by atoms with Crippen molar-refractivity contribution in [2.75, 3.05) is 13.7 Å². The number of methoxy groups -OCH3 is 1. The summed E-state index contributed by atoms with van der Waals surface area (Å²) in [5.74, 6) is 6.48. The lowest BCUT2D eigenvalue weighted by molar-refractivity contribution is -0.118. The van der Waals surface area contributed by atoms with Gasteiger partial charge in [-0.2, -0.15) is 0 Å². The first-order valence-electron chi connectivity index (χ1n) is 4.59.